The van der Waals surface area contributed by atoms with Crippen molar-refractivity contribution in [2.75, 3.05) is 38.7 Å². The van der Waals surface area contributed by atoms with Gasteiger partial charge in [-0.25, -0.2) is 13.8 Å². The second-order valence-corrected chi connectivity index (χ2v) is 18.4. The molecule has 27 nitrogen and oxygen atoms in total. The third-order valence-corrected chi connectivity index (χ3v) is 13.4. The number of ether oxygens (including phenoxy) is 6. The lowest BCUT2D eigenvalue weighted by Gasteiger charge is -2.48. The van der Waals surface area contributed by atoms with Gasteiger partial charge in [-0.15, -0.1) is 0 Å². The molecule has 5 rings (SSSR count). The van der Waals surface area contributed by atoms with Gasteiger partial charge in [-0.05, 0) is 25.7 Å². The van der Waals surface area contributed by atoms with Gasteiger partial charge in [-0.2, -0.15) is 20.2 Å². The smallest absolute Gasteiger partial charge is 0.397 e. The molecular weight excluding hydrogens is 921 g/mol. The lowest BCUT2D eigenvalue weighted by Crippen LogP contribution is -2.67. The Hall–Kier alpha value is -2.66. The fourth-order valence-electron chi connectivity index (χ4n) is 8.02. The van der Waals surface area contributed by atoms with E-state index >= 15 is 0 Å². The van der Waals surface area contributed by atoms with Gasteiger partial charge in [0.1, 0.15) is 67.1 Å². The van der Waals surface area contributed by atoms with Crippen molar-refractivity contribution < 1.29 is 111 Å². The summed E-state index contributed by atoms with van der Waals surface area (Å²) in [7, 11) is -5.38. The Bertz CT molecular complexity index is 1690. The molecule has 4 amide bonds. The predicted octanol–water partition coefficient (Wildman–Crippen LogP) is -6.11. The first kappa shape index (κ1) is 53.3. The summed E-state index contributed by atoms with van der Waals surface area (Å²) in [5.74, 6) is -1.31. The van der Waals surface area contributed by atoms with E-state index in [1.165, 1.54) is 0 Å². The van der Waals surface area contributed by atoms with Crippen LogP contribution < -0.4 is 21.3 Å². The highest BCUT2D eigenvalue weighted by molar-refractivity contribution is 8.00. The summed E-state index contributed by atoms with van der Waals surface area (Å²) in [6, 6.07) is 0.160. The third kappa shape index (κ3) is 14.4. The van der Waals surface area contributed by atoms with Crippen LogP contribution in [0.25, 0.3) is 0 Å². The van der Waals surface area contributed by atoms with Crippen LogP contribution in [0.3, 0.4) is 0 Å². The largest absolute Gasteiger partial charge is 0.479 e. The number of carbonyl (C=O) groups is 4. The maximum atomic E-state index is 12.5. The molecule has 0 aromatic heterocycles. The molecule has 0 spiro atoms. The minimum atomic E-state index is -5.38. The summed E-state index contributed by atoms with van der Waals surface area (Å²) in [6.07, 6.45) is -25.7. The van der Waals surface area contributed by atoms with E-state index in [-0.39, 0.29) is 49.5 Å². The van der Waals surface area contributed by atoms with Crippen LogP contribution in [0.1, 0.15) is 51.4 Å². The molecule has 5 heterocycles. The number of aliphatic hydroxyl groups excluding tert-OH is 8. The number of hydrogen-bond acceptors (Lipinski definition) is 22. The Morgan fingerprint density at radius 2 is 1.32 bits per heavy atom. The van der Waals surface area contributed by atoms with Crippen LogP contribution in [-0.4, -0.2) is 231 Å². The monoisotopic (exact) mass is 980 g/mol. The maximum absolute atomic E-state index is 12.5. The van der Waals surface area contributed by atoms with Gasteiger partial charge in [-0.3, -0.25) is 14.1 Å². The van der Waals surface area contributed by atoms with Crippen molar-refractivity contribution in [2.45, 2.75) is 161 Å². The average molecular weight is 981 g/mol. The first-order chi connectivity index (χ1) is 30.8. The van der Waals surface area contributed by atoms with Crippen LogP contribution in [0.4, 0.5) is 4.79 Å². The summed E-state index contributed by atoms with van der Waals surface area (Å²) in [6.45, 7) is -2.06. The lowest BCUT2D eigenvalue weighted by molar-refractivity contribution is -0.378. The molecular formula is C36H60N4O23S2. The Morgan fingerprint density at radius 3 is 1.98 bits per heavy atom. The first-order valence-corrected chi connectivity index (χ1v) is 23.5. The van der Waals surface area contributed by atoms with E-state index < -0.39 is 122 Å². The number of urea groups is 1. The Labute approximate surface area is 376 Å². The molecule has 0 saturated carbocycles. The van der Waals surface area contributed by atoms with Gasteiger partial charge >= 0.3 is 22.4 Å². The van der Waals surface area contributed by atoms with Gasteiger partial charge in [0.2, 0.25) is 11.8 Å². The minimum Gasteiger partial charge on any atom is -0.479 e. The van der Waals surface area contributed by atoms with Gasteiger partial charge in [0, 0.05) is 36.9 Å². The van der Waals surface area contributed by atoms with Gasteiger partial charge in [-0.1, -0.05) is 12.8 Å². The molecule has 14 N–H and O–H groups in total. The number of thioether (sulfide) groups is 1. The fourth-order valence-corrected chi connectivity index (χ4v) is 10.1. The van der Waals surface area contributed by atoms with E-state index in [1.807, 2.05) is 11.8 Å². The number of rotatable bonds is 24. The van der Waals surface area contributed by atoms with E-state index in [2.05, 4.69) is 25.5 Å². The zero-order chi connectivity index (χ0) is 47.6. The van der Waals surface area contributed by atoms with Gasteiger partial charge in [0.25, 0.3) is 0 Å². The zero-order valence-corrected chi connectivity index (χ0v) is 36.5. The van der Waals surface area contributed by atoms with Crippen LogP contribution in [0.2, 0.25) is 0 Å². The predicted molar refractivity (Wildman–Crippen MR) is 214 cm³/mol. The fraction of sp³-hybridized carbons (Fsp3) is 0.889. The summed E-state index contributed by atoms with van der Waals surface area (Å²) in [4.78, 5) is 47.9. The molecule has 0 radical (unpaired) electrons. The van der Waals surface area contributed by atoms with Crippen molar-refractivity contribution in [3.8, 4) is 0 Å². The molecule has 0 aliphatic carbocycles. The highest BCUT2D eigenvalue weighted by Crippen LogP contribution is 2.35. The van der Waals surface area contributed by atoms with Crippen molar-refractivity contribution in [1.29, 1.82) is 0 Å². The molecule has 0 bridgehead atoms. The molecule has 374 valence electrons. The number of aliphatic hydroxyl groups is 8. The normalized spacial score (nSPS) is 38.4. The molecule has 0 aromatic carbocycles. The maximum Gasteiger partial charge on any atom is 0.397 e. The quantitative estimate of drug-likeness (QED) is 0.0243. The summed E-state index contributed by atoms with van der Waals surface area (Å²) in [5, 5.41) is 105. The zero-order valence-electron chi connectivity index (χ0n) is 34.9. The van der Waals surface area contributed by atoms with Crippen molar-refractivity contribution >= 4 is 46.0 Å². The number of carboxylic acids is 1. The number of nitrogens with one attached hydrogen (secondary N) is 4. The molecule has 18 atom stereocenters. The summed E-state index contributed by atoms with van der Waals surface area (Å²) < 4.78 is 70.5. The third-order valence-electron chi connectivity index (χ3n) is 11.4. The topological polar surface area (TPSA) is 417 Å². The average Bonchev–Trinajstić information content (AvgIpc) is 3.81. The van der Waals surface area contributed by atoms with Crippen LogP contribution >= 0.6 is 11.8 Å². The molecule has 65 heavy (non-hydrogen) atoms. The molecule has 5 aliphatic rings. The molecule has 0 aromatic rings. The minimum absolute atomic E-state index is 0.0591. The van der Waals surface area contributed by atoms with E-state index in [1.54, 1.807) is 0 Å². The number of unbranched alkanes of at least 4 members (excludes halogenated alkanes) is 3. The highest BCUT2D eigenvalue weighted by atomic mass is 32.3. The van der Waals surface area contributed by atoms with Crippen LogP contribution in [0, 0.1) is 0 Å². The number of aliphatic carboxylic acids is 1. The Morgan fingerprint density at radius 1 is 0.708 bits per heavy atom. The molecule has 5 fully saturated rings. The number of carbonyl (C=O) groups excluding carboxylic acids is 3. The molecule has 5 aliphatic heterocycles. The second kappa shape index (κ2) is 24.6. The van der Waals surface area contributed by atoms with Gasteiger partial charge in [0.15, 0.2) is 25.0 Å². The molecule has 29 heteroatoms. The highest BCUT2D eigenvalue weighted by Gasteiger charge is 2.55. The Kier molecular flexibility index (Phi) is 20.1. The number of amides is 4. The van der Waals surface area contributed by atoms with E-state index in [4.69, 9.17) is 28.4 Å². The number of fused-ring (bicyclic) bond motifs is 1. The molecule has 0 unspecified atom stereocenters. The van der Waals surface area contributed by atoms with Crippen molar-refractivity contribution in [2.24, 2.45) is 0 Å². The van der Waals surface area contributed by atoms with Crippen LogP contribution in [0.15, 0.2) is 0 Å². The van der Waals surface area contributed by atoms with Crippen molar-refractivity contribution in [1.82, 2.24) is 21.3 Å². The SMILES string of the molecule is O=C(CCCC[C@@H]1SC[C@@H]2NC(=O)N[C@@H]21)NCCCCCC(=O)NCCO[C@@H]1O[C@H](CO)[C@H](OS(=O)(=O)O)[C@H](O[C@@H]2O[C@H](CO)[C@H](O)[C@H](O[C@@H]3O[C@H](C(=O)O)[C@@H](O)[C@H](O)[C@H]3O)[C@H]2O)[C@H]1O. The first-order valence-electron chi connectivity index (χ1n) is 21.1. The molecule has 5 saturated heterocycles. The Balaban J connectivity index is 1.06. The number of hydrogen-bond donors (Lipinski definition) is 14. The van der Waals surface area contributed by atoms with Crippen LogP contribution in [-0.2, 0) is 57.4 Å². The van der Waals surface area contributed by atoms with Crippen molar-refractivity contribution in [3.05, 3.63) is 0 Å². The lowest BCUT2D eigenvalue weighted by atomic mass is 9.96. The van der Waals surface area contributed by atoms with E-state index in [0.717, 1.165) is 25.0 Å². The van der Waals surface area contributed by atoms with Gasteiger partial charge in [0.05, 0.1) is 31.9 Å². The van der Waals surface area contributed by atoms with E-state index in [0.29, 0.717) is 37.5 Å². The second-order valence-electron chi connectivity index (χ2n) is 16.1. The van der Waals surface area contributed by atoms with Crippen LogP contribution in [0.5, 0.6) is 0 Å². The van der Waals surface area contributed by atoms with E-state index in [9.17, 15) is 78.1 Å². The van der Waals surface area contributed by atoms with Crippen molar-refractivity contribution in [3.63, 3.8) is 0 Å². The summed E-state index contributed by atoms with van der Waals surface area (Å²) >= 11 is 1.83. The summed E-state index contributed by atoms with van der Waals surface area (Å²) in [5.41, 5.74) is 0. The number of carboxylic acid groups (broad SMARTS) is 1. The standard InChI is InChI=1S/C36H60N4O23S2/c41-12-16-22(45)29(60-34-25(48)23(46)24(47)31(62-34)32(51)52)26(49)35(58-16)61-30-27(50)33(59-17(13-42)28(30)63-65(54,55)56)57-11-10-38-20(44)7-2-1-5-9-37-19(43)8-4-3-6-18-21-15(14-64-18)39-36(53)40-21/h15-18,21-31,33-35,41-42,45-50H,1-14H2,(H,37,43)(H,38,44)(H,51,52)(H2,39,40,53)(H,54,55,56)/t15-,16+,17+,18-,21-,22-,23-,24-,25+,26+,27+,28-,29-,30+,31-,33+,34+,35-/m0/s1. The van der Waals surface area contributed by atoms with Gasteiger partial charge < -0.3 is 95.6 Å².